The maximum Gasteiger partial charge on any atom is 0.697 e. The second kappa shape index (κ2) is 10.2. The normalized spacial score (nSPS) is 14.8. The first kappa shape index (κ1) is 16.0. The van der Waals surface area contributed by atoms with E-state index in [0.29, 0.717) is 25.0 Å². The molecule has 0 N–H and O–H groups in total. The lowest BCUT2D eigenvalue weighted by Crippen LogP contribution is -2.05. The van der Waals surface area contributed by atoms with Crippen molar-refractivity contribution < 1.29 is 13.6 Å². The van der Waals surface area contributed by atoms with Crippen LogP contribution in [-0.2, 0) is 13.6 Å². The largest absolute Gasteiger partial charge is 0.697 e. The molecule has 4 heteroatoms. The van der Waals surface area contributed by atoms with Gasteiger partial charge in [0.2, 0.25) is 0 Å². The molecule has 0 aromatic carbocycles. The summed E-state index contributed by atoms with van der Waals surface area (Å²) in [6.07, 6.45) is 4.48. The minimum Gasteiger partial charge on any atom is -0.119 e. The highest BCUT2D eigenvalue weighted by Crippen LogP contribution is 2.26. The molecule has 0 unspecified atom stereocenters. The molecular weight excluding hydrogens is 223 g/mol. The quantitative estimate of drug-likeness (QED) is 0.533. The summed E-state index contributed by atoms with van der Waals surface area (Å²) in [6.45, 7) is 9.55. The molecule has 0 saturated carbocycles. The SMILES string of the molecule is CCC[C@@H](C)CO[P+](=O)OC[C@H](C)CCC. The van der Waals surface area contributed by atoms with Crippen LogP contribution in [-0.4, -0.2) is 13.2 Å². The van der Waals surface area contributed by atoms with Crippen molar-refractivity contribution in [2.24, 2.45) is 11.8 Å². The molecule has 0 aromatic heterocycles. The van der Waals surface area contributed by atoms with Crippen molar-refractivity contribution in [1.82, 2.24) is 0 Å². The van der Waals surface area contributed by atoms with Gasteiger partial charge in [0, 0.05) is 4.57 Å². The molecule has 0 amide bonds. The zero-order chi connectivity index (χ0) is 12.4. The van der Waals surface area contributed by atoms with E-state index >= 15 is 0 Å². The maximum absolute atomic E-state index is 11.4. The van der Waals surface area contributed by atoms with Gasteiger partial charge >= 0.3 is 8.25 Å². The fourth-order valence-corrected chi connectivity index (χ4v) is 2.39. The van der Waals surface area contributed by atoms with E-state index in [1.54, 1.807) is 0 Å². The third-order valence-electron chi connectivity index (χ3n) is 2.49. The average molecular weight is 249 g/mol. The second-order valence-electron chi connectivity index (χ2n) is 4.60. The van der Waals surface area contributed by atoms with E-state index in [2.05, 4.69) is 27.7 Å². The molecule has 0 aliphatic heterocycles. The predicted molar refractivity (Wildman–Crippen MR) is 67.7 cm³/mol. The van der Waals surface area contributed by atoms with Gasteiger partial charge in [0.15, 0.2) is 0 Å². The lowest BCUT2D eigenvalue weighted by Gasteiger charge is -2.05. The minimum absolute atomic E-state index is 0.459. The molecule has 0 saturated heterocycles. The number of hydrogen-bond acceptors (Lipinski definition) is 3. The molecule has 3 nitrogen and oxygen atoms in total. The van der Waals surface area contributed by atoms with E-state index in [0.717, 1.165) is 25.7 Å². The van der Waals surface area contributed by atoms with E-state index in [9.17, 15) is 4.57 Å². The predicted octanol–water partition coefficient (Wildman–Crippen LogP) is 4.55. The van der Waals surface area contributed by atoms with Crippen molar-refractivity contribution in [2.75, 3.05) is 13.2 Å². The first-order valence-electron chi connectivity index (χ1n) is 6.33. The highest BCUT2D eigenvalue weighted by Gasteiger charge is 2.22. The summed E-state index contributed by atoms with van der Waals surface area (Å²) in [5, 5.41) is 0. The van der Waals surface area contributed by atoms with E-state index in [-0.39, 0.29) is 0 Å². The summed E-state index contributed by atoms with van der Waals surface area (Å²) in [5.41, 5.74) is 0. The fourth-order valence-electron chi connectivity index (χ4n) is 1.57. The fraction of sp³-hybridized carbons (Fsp3) is 1.00. The third-order valence-corrected chi connectivity index (χ3v) is 3.21. The highest BCUT2D eigenvalue weighted by atomic mass is 31.1. The Morgan fingerprint density at radius 2 is 1.31 bits per heavy atom. The van der Waals surface area contributed by atoms with Gasteiger partial charge in [-0.1, -0.05) is 40.5 Å². The van der Waals surface area contributed by atoms with Gasteiger partial charge in [0.1, 0.15) is 13.2 Å². The van der Waals surface area contributed by atoms with Crippen molar-refractivity contribution in [1.29, 1.82) is 0 Å². The van der Waals surface area contributed by atoms with Gasteiger partial charge in [-0.15, -0.1) is 9.05 Å². The summed E-state index contributed by atoms with van der Waals surface area (Å²) < 4.78 is 21.7. The molecule has 0 heterocycles. The molecule has 2 atom stereocenters. The Kier molecular flexibility index (Phi) is 10.2. The molecule has 16 heavy (non-hydrogen) atoms. The van der Waals surface area contributed by atoms with Crippen LogP contribution in [0.5, 0.6) is 0 Å². The van der Waals surface area contributed by atoms with Crippen molar-refractivity contribution in [3.05, 3.63) is 0 Å². The van der Waals surface area contributed by atoms with Gasteiger partial charge in [-0.25, -0.2) is 0 Å². The molecule has 0 spiro atoms. The third kappa shape index (κ3) is 9.26. The zero-order valence-corrected chi connectivity index (χ0v) is 12.0. The second-order valence-corrected chi connectivity index (χ2v) is 5.57. The Balaban J connectivity index is 3.51. The van der Waals surface area contributed by atoms with Crippen LogP contribution in [0.1, 0.15) is 53.4 Å². The monoisotopic (exact) mass is 249 g/mol. The zero-order valence-electron chi connectivity index (χ0n) is 11.1. The first-order chi connectivity index (χ1) is 7.60. The Morgan fingerprint density at radius 3 is 1.62 bits per heavy atom. The van der Waals surface area contributed by atoms with Crippen molar-refractivity contribution in [3.63, 3.8) is 0 Å². The average Bonchev–Trinajstić information content (AvgIpc) is 2.24. The molecule has 0 aliphatic carbocycles. The van der Waals surface area contributed by atoms with Gasteiger partial charge in [-0.05, 0) is 24.7 Å². The molecule has 0 bridgehead atoms. The molecule has 96 valence electrons. The van der Waals surface area contributed by atoms with E-state index < -0.39 is 8.25 Å². The van der Waals surface area contributed by atoms with Gasteiger partial charge in [0.05, 0.1) is 0 Å². The van der Waals surface area contributed by atoms with E-state index in [4.69, 9.17) is 9.05 Å². The topological polar surface area (TPSA) is 35.5 Å². The number of hydrogen-bond donors (Lipinski definition) is 0. The van der Waals surface area contributed by atoms with Crippen LogP contribution in [0.25, 0.3) is 0 Å². The molecule has 0 rings (SSSR count). The minimum atomic E-state index is -1.92. The Labute approximate surface area is 101 Å². The standard InChI is InChI=1S/C12H26O3P/c1-5-7-11(3)9-14-16(13)15-10-12(4)8-6-2/h11-12H,5-10H2,1-4H3/q+1/t11-,12-/m1/s1. The smallest absolute Gasteiger partial charge is 0.119 e. The van der Waals surface area contributed by atoms with Gasteiger partial charge in [0.25, 0.3) is 0 Å². The van der Waals surface area contributed by atoms with Gasteiger partial charge in [-0.3, -0.25) is 0 Å². The Bertz CT molecular complexity index is 167. The molecule has 0 fully saturated rings. The lowest BCUT2D eigenvalue weighted by molar-refractivity contribution is 0.179. The van der Waals surface area contributed by atoms with Crippen LogP contribution in [0.2, 0.25) is 0 Å². The van der Waals surface area contributed by atoms with Crippen molar-refractivity contribution in [3.8, 4) is 0 Å². The van der Waals surface area contributed by atoms with Crippen LogP contribution < -0.4 is 0 Å². The first-order valence-corrected chi connectivity index (χ1v) is 7.42. The summed E-state index contributed by atoms with van der Waals surface area (Å²) >= 11 is 0. The molecule has 0 radical (unpaired) electrons. The number of rotatable bonds is 10. The maximum atomic E-state index is 11.4. The van der Waals surface area contributed by atoms with Crippen LogP contribution >= 0.6 is 8.25 Å². The highest BCUT2D eigenvalue weighted by molar-refractivity contribution is 7.33. The van der Waals surface area contributed by atoms with Crippen molar-refractivity contribution in [2.45, 2.75) is 53.4 Å². The summed E-state index contributed by atoms with van der Waals surface area (Å²) in [5.74, 6) is 0.918. The summed E-state index contributed by atoms with van der Waals surface area (Å²) in [7, 11) is -1.92. The van der Waals surface area contributed by atoms with Crippen LogP contribution in [0.3, 0.4) is 0 Å². The molecule has 0 aromatic rings. The lowest BCUT2D eigenvalue weighted by atomic mass is 10.1. The van der Waals surface area contributed by atoms with Gasteiger partial charge < -0.3 is 0 Å². The van der Waals surface area contributed by atoms with Crippen LogP contribution in [0.15, 0.2) is 0 Å². The summed E-state index contributed by atoms with van der Waals surface area (Å²) in [4.78, 5) is 0. The Hall–Kier alpha value is 0.0200. The van der Waals surface area contributed by atoms with Crippen LogP contribution in [0.4, 0.5) is 0 Å². The van der Waals surface area contributed by atoms with Crippen LogP contribution in [0, 0.1) is 11.8 Å². The van der Waals surface area contributed by atoms with Gasteiger partial charge in [-0.2, -0.15) is 0 Å². The molecular formula is C12H26O3P+. The summed E-state index contributed by atoms with van der Waals surface area (Å²) in [6, 6.07) is 0. The molecule has 0 aliphatic rings. The van der Waals surface area contributed by atoms with E-state index in [1.807, 2.05) is 0 Å². The van der Waals surface area contributed by atoms with Crippen molar-refractivity contribution >= 4 is 8.25 Å². The Morgan fingerprint density at radius 1 is 0.938 bits per heavy atom. The van der Waals surface area contributed by atoms with E-state index in [1.165, 1.54) is 0 Å².